The Kier molecular flexibility index (Phi) is 6.22. The number of likely N-dealkylation sites (N-methyl/N-ethyl adjacent to an activating group) is 1. The third-order valence-corrected chi connectivity index (χ3v) is 3.09. The topological polar surface area (TPSA) is 47.0 Å². The molecule has 4 heteroatoms. The van der Waals surface area contributed by atoms with Crippen LogP contribution in [0.3, 0.4) is 0 Å². The van der Waals surface area contributed by atoms with Gasteiger partial charge in [-0.3, -0.25) is 0 Å². The molecule has 0 spiro atoms. The van der Waals surface area contributed by atoms with Crippen LogP contribution in [0.15, 0.2) is 0 Å². The van der Waals surface area contributed by atoms with Gasteiger partial charge >= 0.3 is 0 Å². The standard InChI is InChI=1S/C14H25N3O/c1-6-13(18-7-2)14-16-10(3)12(8-9-15-5)11(4)17-14/h13,15H,6-9H2,1-5H3. The fourth-order valence-corrected chi connectivity index (χ4v) is 2.10. The second-order valence-electron chi connectivity index (χ2n) is 4.44. The summed E-state index contributed by atoms with van der Waals surface area (Å²) >= 11 is 0. The van der Waals surface area contributed by atoms with E-state index in [0.717, 1.165) is 36.6 Å². The van der Waals surface area contributed by atoms with E-state index in [9.17, 15) is 0 Å². The minimum absolute atomic E-state index is 0.0192. The molecule has 1 rings (SSSR count). The van der Waals surface area contributed by atoms with Gasteiger partial charge < -0.3 is 10.1 Å². The normalized spacial score (nSPS) is 12.7. The van der Waals surface area contributed by atoms with E-state index >= 15 is 0 Å². The van der Waals surface area contributed by atoms with Crippen molar-refractivity contribution in [3.8, 4) is 0 Å². The molecule has 0 aliphatic rings. The first kappa shape index (κ1) is 15.1. The van der Waals surface area contributed by atoms with Crippen LogP contribution < -0.4 is 5.32 Å². The van der Waals surface area contributed by atoms with Crippen molar-refractivity contribution >= 4 is 0 Å². The lowest BCUT2D eigenvalue weighted by Crippen LogP contribution is -2.16. The lowest BCUT2D eigenvalue weighted by molar-refractivity contribution is 0.0532. The summed E-state index contributed by atoms with van der Waals surface area (Å²) in [5.41, 5.74) is 3.40. The van der Waals surface area contributed by atoms with Crippen LogP contribution in [0.5, 0.6) is 0 Å². The van der Waals surface area contributed by atoms with Gasteiger partial charge in [0.2, 0.25) is 0 Å². The van der Waals surface area contributed by atoms with Crippen molar-refractivity contribution < 1.29 is 4.74 Å². The van der Waals surface area contributed by atoms with E-state index in [2.05, 4.69) is 36.1 Å². The molecule has 0 fully saturated rings. The fraction of sp³-hybridized carbons (Fsp3) is 0.714. The van der Waals surface area contributed by atoms with Gasteiger partial charge in [-0.1, -0.05) is 6.92 Å². The van der Waals surface area contributed by atoms with E-state index in [1.54, 1.807) is 0 Å². The van der Waals surface area contributed by atoms with Gasteiger partial charge in [-0.15, -0.1) is 0 Å². The molecule has 0 aliphatic carbocycles. The van der Waals surface area contributed by atoms with Crippen LogP contribution in [-0.2, 0) is 11.2 Å². The van der Waals surface area contributed by atoms with Gasteiger partial charge in [0.1, 0.15) is 6.10 Å². The maximum Gasteiger partial charge on any atom is 0.157 e. The third kappa shape index (κ3) is 3.75. The minimum atomic E-state index is 0.0192. The summed E-state index contributed by atoms with van der Waals surface area (Å²) in [5, 5.41) is 3.16. The zero-order valence-electron chi connectivity index (χ0n) is 12.2. The fourth-order valence-electron chi connectivity index (χ4n) is 2.10. The van der Waals surface area contributed by atoms with Crippen LogP contribution in [0.25, 0.3) is 0 Å². The van der Waals surface area contributed by atoms with Gasteiger partial charge in [0.15, 0.2) is 5.82 Å². The molecule has 1 N–H and O–H groups in total. The SMILES string of the molecule is CCOC(CC)c1nc(C)c(CCNC)c(C)n1. The third-order valence-electron chi connectivity index (χ3n) is 3.09. The Morgan fingerprint density at radius 1 is 1.17 bits per heavy atom. The number of nitrogens with one attached hydrogen (secondary N) is 1. The minimum Gasteiger partial charge on any atom is -0.371 e. The number of rotatable bonds is 7. The molecule has 1 atom stereocenters. The Hall–Kier alpha value is -1.00. The maximum atomic E-state index is 5.67. The average molecular weight is 251 g/mol. The van der Waals surface area contributed by atoms with Gasteiger partial charge in [0.25, 0.3) is 0 Å². The molecule has 1 aromatic rings. The van der Waals surface area contributed by atoms with Crippen LogP contribution >= 0.6 is 0 Å². The van der Waals surface area contributed by atoms with E-state index in [-0.39, 0.29) is 6.10 Å². The van der Waals surface area contributed by atoms with Crippen molar-refractivity contribution in [2.24, 2.45) is 0 Å². The summed E-state index contributed by atoms with van der Waals surface area (Å²) in [7, 11) is 1.96. The molecule has 0 saturated heterocycles. The van der Waals surface area contributed by atoms with Crippen molar-refractivity contribution in [1.82, 2.24) is 15.3 Å². The number of hydrogen-bond acceptors (Lipinski definition) is 4. The molecule has 1 aromatic heterocycles. The largest absolute Gasteiger partial charge is 0.371 e. The van der Waals surface area contributed by atoms with Gasteiger partial charge in [-0.2, -0.15) is 0 Å². The lowest BCUT2D eigenvalue weighted by Gasteiger charge is -2.17. The van der Waals surface area contributed by atoms with Crippen molar-refractivity contribution in [1.29, 1.82) is 0 Å². The Bertz CT molecular complexity index is 356. The molecule has 18 heavy (non-hydrogen) atoms. The number of hydrogen-bond donors (Lipinski definition) is 1. The quantitative estimate of drug-likeness (QED) is 0.808. The molecule has 0 aliphatic heterocycles. The predicted molar refractivity (Wildman–Crippen MR) is 73.8 cm³/mol. The number of nitrogens with zero attached hydrogens (tertiary/aromatic N) is 2. The Morgan fingerprint density at radius 2 is 1.78 bits per heavy atom. The highest BCUT2D eigenvalue weighted by Crippen LogP contribution is 2.20. The summed E-state index contributed by atoms with van der Waals surface area (Å²) in [6.07, 6.45) is 1.90. The average Bonchev–Trinajstić information content (AvgIpc) is 2.34. The number of aryl methyl sites for hydroxylation is 2. The van der Waals surface area contributed by atoms with Crippen LogP contribution in [0.4, 0.5) is 0 Å². The van der Waals surface area contributed by atoms with Gasteiger partial charge in [0.05, 0.1) is 0 Å². The van der Waals surface area contributed by atoms with Gasteiger partial charge in [0, 0.05) is 18.0 Å². The van der Waals surface area contributed by atoms with Crippen LogP contribution in [0.1, 0.15) is 49.1 Å². The molecule has 0 amide bonds. The van der Waals surface area contributed by atoms with Crippen molar-refractivity contribution in [3.63, 3.8) is 0 Å². The molecule has 102 valence electrons. The van der Waals surface area contributed by atoms with E-state index in [1.165, 1.54) is 5.56 Å². The zero-order valence-corrected chi connectivity index (χ0v) is 12.2. The monoisotopic (exact) mass is 251 g/mol. The molecule has 0 aromatic carbocycles. The summed E-state index contributed by atoms with van der Waals surface area (Å²) in [5.74, 6) is 0.822. The highest BCUT2D eigenvalue weighted by molar-refractivity contribution is 5.25. The van der Waals surface area contributed by atoms with Gasteiger partial charge in [-0.05, 0) is 52.8 Å². The Labute approximate surface area is 110 Å². The van der Waals surface area contributed by atoms with E-state index in [1.807, 2.05) is 14.0 Å². The summed E-state index contributed by atoms with van der Waals surface area (Å²) in [6, 6.07) is 0. The molecule has 0 bridgehead atoms. The molecule has 0 radical (unpaired) electrons. The van der Waals surface area contributed by atoms with Crippen molar-refractivity contribution in [2.75, 3.05) is 20.2 Å². The lowest BCUT2D eigenvalue weighted by atomic mass is 10.1. The summed E-state index contributed by atoms with van der Waals surface area (Å²) < 4.78 is 5.67. The number of ether oxygens (including phenoxy) is 1. The highest BCUT2D eigenvalue weighted by atomic mass is 16.5. The van der Waals surface area contributed by atoms with Crippen LogP contribution in [0, 0.1) is 13.8 Å². The van der Waals surface area contributed by atoms with Gasteiger partial charge in [-0.25, -0.2) is 9.97 Å². The molecular formula is C14H25N3O. The Balaban J connectivity index is 2.97. The smallest absolute Gasteiger partial charge is 0.157 e. The highest BCUT2D eigenvalue weighted by Gasteiger charge is 2.15. The first-order valence-corrected chi connectivity index (χ1v) is 6.74. The second kappa shape index (κ2) is 7.44. The van der Waals surface area contributed by atoms with E-state index in [4.69, 9.17) is 4.74 Å². The van der Waals surface area contributed by atoms with Crippen molar-refractivity contribution in [2.45, 2.75) is 46.6 Å². The second-order valence-corrected chi connectivity index (χ2v) is 4.44. The summed E-state index contributed by atoms with van der Waals surface area (Å²) in [4.78, 5) is 9.23. The predicted octanol–water partition coefficient (Wildman–Crippen LogP) is 2.34. The summed E-state index contributed by atoms with van der Waals surface area (Å²) in [6.45, 7) is 9.87. The molecule has 1 unspecified atom stereocenters. The van der Waals surface area contributed by atoms with E-state index < -0.39 is 0 Å². The molecule has 0 saturated carbocycles. The first-order chi connectivity index (χ1) is 8.63. The molecular weight excluding hydrogens is 226 g/mol. The maximum absolute atomic E-state index is 5.67. The molecule has 4 nitrogen and oxygen atoms in total. The van der Waals surface area contributed by atoms with Crippen LogP contribution in [-0.4, -0.2) is 30.2 Å². The first-order valence-electron chi connectivity index (χ1n) is 6.74. The Morgan fingerprint density at radius 3 is 2.22 bits per heavy atom. The van der Waals surface area contributed by atoms with Crippen LogP contribution in [0.2, 0.25) is 0 Å². The zero-order chi connectivity index (χ0) is 13.5. The number of aromatic nitrogens is 2. The molecule has 1 heterocycles. The van der Waals surface area contributed by atoms with Crippen molar-refractivity contribution in [3.05, 3.63) is 22.8 Å². The van der Waals surface area contributed by atoms with E-state index in [0.29, 0.717) is 6.61 Å².